The summed E-state index contributed by atoms with van der Waals surface area (Å²) in [5.41, 5.74) is 2.69. The van der Waals surface area contributed by atoms with Gasteiger partial charge >= 0.3 is 0 Å². The Hall–Kier alpha value is -3.50. The number of fused-ring (bicyclic) bond motifs is 1. The summed E-state index contributed by atoms with van der Waals surface area (Å²) in [6, 6.07) is 5.98. The molecule has 6 rings (SSSR count). The molecule has 1 saturated heterocycles. The number of nitrogens with one attached hydrogen (secondary N) is 1. The van der Waals surface area contributed by atoms with Crippen molar-refractivity contribution in [3.05, 3.63) is 65.6 Å². The van der Waals surface area contributed by atoms with Gasteiger partial charge in [0.15, 0.2) is 11.6 Å². The lowest BCUT2D eigenvalue weighted by Crippen LogP contribution is -2.65. The van der Waals surface area contributed by atoms with Gasteiger partial charge in [-0.15, -0.1) is 12.4 Å². The van der Waals surface area contributed by atoms with E-state index in [0.717, 1.165) is 56.9 Å². The van der Waals surface area contributed by atoms with Crippen molar-refractivity contribution in [1.82, 2.24) is 25.2 Å². The molecule has 218 valence electrons. The first-order chi connectivity index (χ1) is 19.4. The number of carbonyl (C=O) groups excluding carboxylic acids is 1. The van der Waals surface area contributed by atoms with Crippen LogP contribution >= 0.6 is 12.4 Å². The number of aromatic nitrogens is 3. The van der Waals surface area contributed by atoms with Crippen molar-refractivity contribution >= 4 is 24.1 Å². The molecule has 1 aliphatic carbocycles. The molecule has 1 aromatic carbocycles. The molecule has 0 atom stereocenters. The van der Waals surface area contributed by atoms with Gasteiger partial charge < -0.3 is 24.6 Å². The fourth-order valence-corrected chi connectivity index (χ4v) is 6.20. The second-order valence-electron chi connectivity index (χ2n) is 11.3. The van der Waals surface area contributed by atoms with Crippen LogP contribution in [0, 0.1) is 11.2 Å². The van der Waals surface area contributed by atoms with E-state index in [9.17, 15) is 9.18 Å². The first-order valence-electron chi connectivity index (χ1n) is 14.0. The minimum atomic E-state index is -0.490. The number of anilines is 1. The van der Waals surface area contributed by atoms with E-state index in [1.54, 1.807) is 11.1 Å². The molecule has 3 aromatic rings. The molecule has 1 amide bonds. The van der Waals surface area contributed by atoms with E-state index in [1.807, 2.05) is 33.0 Å². The standard InChI is InChI=1S/C30H35FN6O3.ClH/c1-4-37(19(2)3)29(38)23-11-20(31)5-6-25(23)40-27-15-33-18-35-28(27)36-16-30(17-36)12-21(13-30)39-26-8-10-34-24-14-32-9-7-22(24)26;/h5-6,8,10-11,15,18-19,21,32H,4,7,9,12-14,16-17H2,1-3H3;1H. The van der Waals surface area contributed by atoms with Crippen molar-refractivity contribution in [3.8, 4) is 17.2 Å². The summed E-state index contributed by atoms with van der Waals surface area (Å²) in [5.74, 6) is 1.59. The minimum absolute atomic E-state index is 0. The average Bonchev–Trinajstić information content (AvgIpc) is 2.91. The van der Waals surface area contributed by atoms with Crippen LogP contribution in [0.1, 0.15) is 55.2 Å². The number of amides is 1. The number of hydrogen-bond acceptors (Lipinski definition) is 8. The highest BCUT2D eigenvalue weighted by Crippen LogP contribution is 2.52. The molecule has 2 aliphatic heterocycles. The maximum absolute atomic E-state index is 14.2. The Morgan fingerprint density at radius 1 is 1.20 bits per heavy atom. The molecule has 9 nitrogen and oxygen atoms in total. The Morgan fingerprint density at radius 2 is 2.00 bits per heavy atom. The molecule has 41 heavy (non-hydrogen) atoms. The van der Waals surface area contributed by atoms with Gasteiger partial charge in [0, 0.05) is 49.4 Å². The minimum Gasteiger partial charge on any atom is -0.490 e. The van der Waals surface area contributed by atoms with E-state index in [2.05, 4.69) is 25.2 Å². The second kappa shape index (κ2) is 11.8. The molecule has 1 spiro atoms. The van der Waals surface area contributed by atoms with Crippen molar-refractivity contribution in [2.75, 3.05) is 31.1 Å². The number of rotatable bonds is 8. The Kier molecular flexibility index (Phi) is 8.33. The SMILES string of the molecule is CCN(C(=O)c1cc(F)ccc1Oc1cncnc1N1CC2(CC(Oc3ccnc4c3CCNC4)C2)C1)C(C)C.Cl. The van der Waals surface area contributed by atoms with Crippen LogP contribution in [0.5, 0.6) is 17.2 Å². The molecule has 0 unspecified atom stereocenters. The van der Waals surface area contributed by atoms with Crippen molar-refractivity contribution < 1.29 is 18.7 Å². The van der Waals surface area contributed by atoms with Crippen LogP contribution in [0.25, 0.3) is 0 Å². The van der Waals surface area contributed by atoms with E-state index in [-0.39, 0.29) is 47.2 Å². The average molecular weight is 583 g/mol. The number of halogens is 2. The summed E-state index contributed by atoms with van der Waals surface area (Å²) in [4.78, 5) is 30.3. The number of nitrogens with zero attached hydrogens (tertiary/aromatic N) is 5. The number of carbonyl (C=O) groups is 1. The van der Waals surface area contributed by atoms with Crippen molar-refractivity contribution in [2.24, 2.45) is 5.41 Å². The first-order valence-corrected chi connectivity index (χ1v) is 14.0. The van der Waals surface area contributed by atoms with Gasteiger partial charge in [-0.1, -0.05) is 0 Å². The molecular formula is C30H36ClFN6O3. The maximum Gasteiger partial charge on any atom is 0.257 e. The van der Waals surface area contributed by atoms with Gasteiger partial charge in [-0.25, -0.2) is 14.4 Å². The topological polar surface area (TPSA) is 92.7 Å². The molecule has 11 heteroatoms. The van der Waals surface area contributed by atoms with Gasteiger partial charge in [0.05, 0.1) is 17.5 Å². The number of pyridine rings is 1. The smallest absolute Gasteiger partial charge is 0.257 e. The van der Waals surface area contributed by atoms with Gasteiger partial charge in [-0.3, -0.25) is 9.78 Å². The zero-order valence-electron chi connectivity index (χ0n) is 23.6. The Balaban J connectivity index is 0.00000337. The zero-order valence-corrected chi connectivity index (χ0v) is 24.4. The van der Waals surface area contributed by atoms with Crippen LogP contribution in [-0.4, -0.2) is 64.1 Å². The Morgan fingerprint density at radius 3 is 2.76 bits per heavy atom. The second-order valence-corrected chi connectivity index (χ2v) is 11.3. The van der Waals surface area contributed by atoms with Crippen LogP contribution in [0.3, 0.4) is 0 Å². The van der Waals surface area contributed by atoms with E-state index < -0.39 is 5.82 Å². The third-order valence-corrected chi connectivity index (χ3v) is 8.19. The molecule has 0 bridgehead atoms. The third-order valence-electron chi connectivity index (χ3n) is 8.19. The fourth-order valence-electron chi connectivity index (χ4n) is 6.20. The Labute approximate surface area is 245 Å². The summed E-state index contributed by atoms with van der Waals surface area (Å²) >= 11 is 0. The van der Waals surface area contributed by atoms with Crippen LogP contribution in [0.2, 0.25) is 0 Å². The third kappa shape index (κ3) is 5.67. The highest BCUT2D eigenvalue weighted by atomic mass is 35.5. The lowest BCUT2D eigenvalue weighted by Gasteiger charge is -2.59. The maximum atomic E-state index is 14.2. The lowest BCUT2D eigenvalue weighted by atomic mass is 9.61. The molecular weight excluding hydrogens is 547 g/mol. The summed E-state index contributed by atoms with van der Waals surface area (Å²) in [5, 5.41) is 3.36. The predicted octanol–water partition coefficient (Wildman–Crippen LogP) is 4.79. The molecule has 1 saturated carbocycles. The highest BCUT2D eigenvalue weighted by molar-refractivity contribution is 5.97. The Bertz CT molecular complexity index is 1410. The largest absolute Gasteiger partial charge is 0.490 e. The highest BCUT2D eigenvalue weighted by Gasteiger charge is 2.54. The van der Waals surface area contributed by atoms with Gasteiger partial charge in [0.25, 0.3) is 5.91 Å². The monoisotopic (exact) mass is 582 g/mol. The van der Waals surface area contributed by atoms with E-state index in [0.29, 0.717) is 18.1 Å². The molecule has 4 heterocycles. The molecule has 2 fully saturated rings. The first kappa shape index (κ1) is 29.0. The van der Waals surface area contributed by atoms with Gasteiger partial charge in [-0.2, -0.15) is 0 Å². The lowest BCUT2D eigenvalue weighted by molar-refractivity contribution is -0.0349. The van der Waals surface area contributed by atoms with Gasteiger partial charge in [-0.05, 0) is 70.8 Å². The fraction of sp³-hybridized carbons (Fsp3) is 0.467. The molecule has 2 aromatic heterocycles. The van der Waals surface area contributed by atoms with E-state index in [1.165, 1.54) is 30.1 Å². The molecule has 0 radical (unpaired) electrons. The summed E-state index contributed by atoms with van der Waals surface area (Å²) in [7, 11) is 0. The van der Waals surface area contributed by atoms with Crippen molar-refractivity contribution in [2.45, 2.75) is 58.7 Å². The quantitative estimate of drug-likeness (QED) is 0.405. The summed E-state index contributed by atoms with van der Waals surface area (Å²) in [6.07, 6.45) is 8.03. The van der Waals surface area contributed by atoms with Crippen LogP contribution < -0.4 is 19.7 Å². The molecule has 1 N–H and O–H groups in total. The van der Waals surface area contributed by atoms with Crippen LogP contribution in [0.15, 0.2) is 43.0 Å². The zero-order chi connectivity index (χ0) is 27.9. The summed E-state index contributed by atoms with van der Waals surface area (Å²) < 4.78 is 26.8. The van der Waals surface area contributed by atoms with Gasteiger partial charge in [0.2, 0.25) is 0 Å². The number of benzene rings is 1. The molecule has 3 aliphatic rings. The predicted molar refractivity (Wildman–Crippen MR) is 156 cm³/mol. The number of hydrogen-bond donors (Lipinski definition) is 1. The van der Waals surface area contributed by atoms with Crippen molar-refractivity contribution in [3.63, 3.8) is 0 Å². The number of ether oxygens (including phenoxy) is 2. The summed E-state index contributed by atoms with van der Waals surface area (Å²) in [6.45, 7) is 9.69. The van der Waals surface area contributed by atoms with E-state index >= 15 is 0 Å². The van der Waals surface area contributed by atoms with Crippen molar-refractivity contribution in [1.29, 1.82) is 0 Å². The van der Waals surface area contributed by atoms with Gasteiger partial charge in [0.1, 0.15) is 29.7 Å². The van der Waals surface area contributed by atoms with E-state index in [4.69, 9.17) is 9.47 Å². The normalized spacial score (nSPS) is 17.2. The van der Waals surface area contributed by atoms with Crippen LogP contribution in [-0.2, 0) is 13.0 Å². The van der Waals surface area contributed by atoms with Crippen LogP contribution in [0.4, 0.5) is 10.2 Å².